The summed E-state index contributed by atoms with van der Waals surface area (Å²) in [6.07, 6.45) is 0. The Morgan fingerprint density at radius 2 is 1.37 bits per heavy atom. The maximum absolute atomic E-state index is 12.0. The van der Waals surface area contributed by atoms with E-state index in [2.05, 4.69) is 5.43 Å². The fourth-order valence-corrected chi connectivity index (χ4v) is 1.66. The molecule has 0 radical (unpaired) electrons. The molecule has 3 nitrogen and oxygen atoms in total. The quantitative estimate of drug-likeness (QED) is 0.620. The van der Waals surface area contributed by atoms with Crippen molar-refractivity contribution in [3.8, 4) is 0 Å². The van der Waals surface area contributed by atoms with Gasteiger partial charge in [0.1, 0.15) is 5.69 Å². The Bertz CT molecular complexity index is 550. The Morgan fingerprint density at radius 3 is 1.95 bits per heavy atom. The lowest BCUT2D eigenvalue weighted by molar-refractivity contribution is -0.428. The number of nitroso groups, excluding NO2 is 1. The van der Waals surface area contributed by atoms with Gasteiger partial charge in [0.15, 0.2) is 4.87 Å². The summed E-state index contributed by atoms with van der Waals surface area (Å²) >= 11 is 0. The highest BCUT2D eigenvalue weighted by molar-refractivity contribution is 5.49. The lowest BCUT2D eigenvalue weighted by Gasteiger charge is -2.02. The van der Waals surface area contributed by atoms with Gasteiger partial charge in [0.25, 0.3) is 5.69 Å². The van der Waals surface area contributed by atoms with Crippen molar-refractivity contribution in [2.75, 3.05) is 5.43 Å². The molecule has 102 valence electrons. The SMILES string of the molecule is C.C.Cc1ccccc1N[N+](=O)c1ccccc1C. The van der Waals surface area contributed by atoms with Gasteiger partial charge in [-0.25, -0.2) is 0 Å². The number of para-hydroxylation sites is 2. The summed E-state index contributed by atoms with van der Waals surface area (Å²) in [5, 5.41) is 0. The summed E-state index contributed by atoms with van der Waals surface area (Å²) in [5.41, 5.74) is 6.30. The monoisotopic (exact) mass is 259 g/mol. The molecule has 0 saturated carbocycles. The third-order valence-electron chi connectivity index (χ3n) is 2.70. The Balaban J connectivity index is 0.00000162. The van der Waals surface area contributed by atoms with Crippen molar-refractivity contribution in [1.29, 1.82) is 0 Å². The molecule has 2 rings (SSSR count). The molecule has 0 heterocycles. The van der Waals surface area contributed by atoms with Crippen LogP contribution in [0.1, 0.15) is 26.0 Å². The number of aryl methyl sites for hydroxylation is 2. The Hall–Kier alpha value is -2.16. The van der Waals surface area contributed by atoms with E-state index in [0.717, 1.165) is 21.7 Å². The van der Waals surface area contributed by atoms with Crippen LogP contribution in [0, 0.1) is 18.8 Å². The standard InChI is InChI=1S/C14H15N2O.2CH4/c1-11-7-3-5-9-13(11)15-16(17)14-10-6-4-8-12(14)2;;/h3-10H,1-2H3,(H,15,17);2*1H4/q+1;;. The molecular weight excluding hydrogens is 236 g/mol. The van der Waals surface area contributed by atoms with E-state index in [0.29, 0.717) is 5.69 Å². The molecule has 0 saturated heterocycles. The maximum atomic E-state index is 12.0. The molecule has 0 amide bonds. The Labute approximate surface area is 115 Å². The van der Waals surface area contributed by atoms with Crippen LogP contribution in [0.4, 0.5) is 11.4 Å². The van der Waals surface area contributed by atoms with Gasteiger partial charge in [-0.15, -0.1) is 5.43 Å². The first-order chi connectivity index (χ1) is 8.18. The number of rotatable bonds is 3. The number of nitrogens with one attached hydrogen (secondary N) is 1. The first-order valence-electron chi connectivity index (χ1n) is 5.53. The van der Waals surface area contributed by atoms with Crippen molar-refractivity contribution >= 4 is 11.4 Å². The first kappa shape index (κ1) is 16.8. The molecule has 0 aliphatic heterocycles. The minimum atomic E-state index is 0. The largest absolute Gasteiger partial charge is 0.295 e. The third kappa shape index (κ3) is 3.91. The van der Waals surface area contributed by atoms with Crippen LogP contribution < -0.4 is 5.43 Å². The molecule has 2 aromatic rings. The zero-order chi connectivity index (χ0) is 12.3. The van der Waals surface area contributed by atoms with Crippen LogP contribution in [0.2, 0.25) is 0 Å². The van der Waals surface area contributed by atoms with Crippen LogP contribution >= 0.6 is 0 Å². The van der Waals surface area contributed by atoms with Gasteiger partial charge in [0.2, 0.25) is 0 Å². The van der Waals surface area contributed by atoms with Crippen LogP contribution in [0.15, 0.2) is 48.5 Å². The smallest absolute Gasteiger partial charge is 0.114 e. The van der Waals surface area contributed by atoms with Crippen molar-refractivity contribution in [3.63, 3.8) is 0 Å². The molecule has 0 aliphatic carbocycles. The predicted molar refractivity (Wildman–Crippen MR) is 82.7 cm³/mol. The molecule has 0 fully saturated rings. The average molecular weight is 259 g/mol. The topological polar surface area (TPSA) is 32.1 Å². The molecule has 0 spiro atoms. The molecule has 0 bridgehead atoms. The molecule has 0 aromatic heterocycles. The van der Waals surface area contributed by atoms with Crippen LogP contribution in [0.25, 0.3) is 0 Å². The van der Waals surface area contributed by atoms with Gasteiger partial charge in [-0.3, -0.25) is 0 Å². The van der Waals surface area contributed by atoms with E-state index in [4.69, 9.17) is 0 Å². The molecule has 0 aliphatic rings. The summed E-state index contributed by atoms with van der Waals surface area (Å²) < 4.78 is 0. The second-order valence-electron chi connectivity index (χ2n) is 4.01. The van der Waals surface area contributed by atoms with Crippen LogP contribution in [0.5, 0.6) is 0 Å². The van der Waals surface area contributed by atoms with Crippen LogP contribution in [-0.2, 0) is 0 Å². The van der Waals surface area contributed by atoms with Gasteiger partial charge >= 0.3 is 0 Å². The van der Waals surface area contributed by atoms with Gasteiger partial charge < -0.3 is 0 Å². The van der Waals surface area contributed by atoms with E-state index >= 15 is 0 Å². The van der Waals surface area contributed by atoms with E-state index in [-0.39, 0.29) is 14.9 Å². The highest BCUT2D eigenvalue weighted by Crippen LogP contribution is 2.19. The molecule has 0 atom stereocenters. The second-order valence-corrected chi connectivity index (χ2v) is 4.01. The number of hydrogen-bond acceptors (Lipinski definition) is 1. The van der Waals surface area contributed by atoms with Gasteiger partial charge in [0.05, 0.1) is 4.91 Å². The summed E-state index contributed by atoms with van der Waals surface area (Å²) in [6, 6.07) is 15.2. The second kappa shape index (κ2) is 7.31. The summed E-state index contributed by atoms with van der Waals surface area (Å²) in [6.45, 7) is 3.88. The lowest BCUT2D eigenvalue weighted by atomic mass is 10.2. The van der Waals surface area contributed by atoms with Crippen molar-refractivity contribution in [1.82, 2.24) is 0 Å². The van der Waals surface area contributed by atoms with Crippen LogP contribution in [-0.4, -0.2) is 4.87 Å². The van der Waals surface area contributed by atoms with Gasteiger partial charge in [-0.1, -0.05) is 51.3 Å². The van der Waals surface area contributed by atoms with E-state index in [1.54, 1.807) is 6.07 Å². The molecular formula is C16H23N2O+. The van der Waals surface area contributed by atoms with Gasteiger partial charge in [-0.05, 0) is 25.5 Å². The fraction of sp³-hybridized carbons (Fsp3) is 0.250. The van der Waals surface area contributed by atoms with Crippen molar-refractivity contribution in [2.45, 2.75) is 28.7 Å². The van der Waals surface area contributed by atoms with E-state index in [1.165, 1.54) is 0 Å². The Kier molecular flexibility index (Phi) is 6.48. The van der Waals surface area contributed by atoms with Gasteiger partial charge in [-0.2, -0.15) is 0 Å². The highest BCUT2D eigenvalue weighted by atomic mass is 16.3. The number of hydrogen-bond donors (Lipinski definition) is 1. The third-order valence-corrected chi connectivity index (χ3v) is 2.70. The van der Waals surface area contributed by atoms with Gasteiger partial charge in [0, 0.05) is 11.6 Å². The normalized spacial score (nSPS) is 8.95. The molecule has 0 unspecified atom stereocenters. The summed E-state index contributed by atoms with van der Waals surface area (Å²) in [4.78, 5) is 12.8. The first-order valence-corrected chi connectivity index (χ1v) is 5.53. The van der Waals surface area contributed by atoms with Crippen molar-refractivity contribution in [3.05, 3.63) is 64.6 Å². The zero-order valence-electron chi connectivity index (χ0n) is 9.97. The van der Waals surface area contributed by atoms with Crippen molar-refractivity contribution < 1.29 is 4.87 Å². The fourth-order valence-electron chi connectivity index (χ4n) is 1.66. The number of hydrazine groups is 1. The number of nitrogens with zero attached hydrogens (tertiary/aromatic N) is 1. The average Bonchev–Trinajstić information content (AvgIpc) is 2.32. The van der Waals surface area contributed by atoms with Crippen LogP contribution in [0.3, 0.4) is 0 Å². The molecule has 19 heavy (non-hydrogen) atoms. The summed E-state index contributed by atoms with van der Waals surface area (Å²) in [7, 11) is 0. The van der Waals surface area contributed by atoms with E-state index < -0.39 is 0 Å². The molecule has 3 heteroatoms. The lowest BCUT2D eigenvalue weighted by Crippen LogP contribution is -2.12. The van der Waals surface area contributed by atoms with E-state index in [9.17, 15) is 4.91 Å². The Morgan fingerprint density at radius 1 is 0.842 bits per heavy atom. The minimum absolute atomic E-state index is 0. The summed E-state index contributed by atoms with van der Waals surface area (Å²) in [5.74, 6) is 0. The minimum Gasteiger partial charge on any atom is -0.114 e. The molecule has 2 aromatic carbocycles. The predicted octanol–water partition coefficient (Wildman–Crippen LogP) is 5.01. The van der Waals surface area contributed by atoms with E-state index in [1.807, 2.05) is 56.3 Å². The van der Waals surface area contributed by atoms with Crippen molar-refractivity contribution in [2.24, 2.45) is 0 Å². The highest BCUT2D eigenvalue weighted by Gasteiger charge is 2.17. The zero-order valence-corrected chi connectivity index (χ0v) is 9.97. The maximum Gasteiger partial charge on any atom is 0.295 e. The number of benzene rings is 2. The molecule has 1 N–H and O–H groups in total. The number of anilines is 1.